The molecule has 0 saturated heterocycles. The molecule has 0 aliphatic carbocycles. The van der Waals surface area contributed by atoms with Gasteiger partial charge >= 0.3 is 5.97 Å². The van der Waals surface area contributed by atoms with Gasteiger partial charge < -0.3 is 5.11 Å². The summed E-state index contributed by atoms with van der Waals surface area (Å²) in [5.41, 5.74) is 3.92. The van der Waals surface area contributed by atoms with Crippen LogP contribution in [0.3, 0.4) is 0 Å². The summed E-state index contributed by atoms with van der Waals surface area (Å²) in [6.45, 7) is 3.32. The lowest BCUT2D eigenvalue weighted by atomic mass is 10.0. The molecule has 5 heteroatoms. The van der Waals surface area contributed by atoms with Gasteiger partial charge in [-0.3, -0.25) is 14.4 Å². The highest BCUT2D eigenvalue weighted by Crippen LogP contribution is 2.22. The van der Waals surface area contributed by atoms with E-state index in [-0.39, 0.29) is 6.42 Å². The fourth-order valence-corrected chi connectivity index (χ4v) is 3.33. The number of carboxylic acids is 1. The number of aromatic nitrogens is 2. The van der Waals surface area contributed by atoms with Gasteiger partial charge in [-0.1, -0.05) is 36.4 Å². The molecule has 5 nitrogen and oxygen atoms in total. The minimum Gasteiger partial charge on any atom is -0.481 e. The van der Waals surface area contributed by atoms with Crippen LogP contribution in [0.1, 0.15) is 36.8 Å². The summed E-state index contributed by atoms with van der Waals surface area (Å²) in [7, 11) is 0. The minimum absolute atomic E-state index is 0.212. The number of benzene rings is 1. The molecular weight excluding hydrogens is 326 g/mol. The van der Waals surface area contributed by atoms with Crippen molar-refractivity contribution in [1.82, 2.24) is 14.7 Å². The Morgan fingerprint density at radius 1 is 1.15 bits per heavy atom. The van der Waals surface area contributed by atoms with E-state index in [2.05, 4.69) is 52.6 Å². The molecule has 1 aromatic carbocycles. The summed E-state index contributed by atoms with van der Waals surface area (Å²) in [4.78, 5) is 12.9. The number of aliphatic carboxylic acids is 1. The van der Waals surface area contributed by atoms with Crippen LogP contribution in [-0.4, -0.2) is 45.4 Å². The number of rotatable bonds is 9. The average molecular weight is 353 g/mol. The van der Waals surface area contributed by atoms with E-state index in [1.54, 1.807) is 0 Å². The lowest BCUT2D eigenvalue weighted by Gasteiger charge is -2.25. The normalized spacial score (nSPS) is 15.0. The Morgan fingerprint density at radius 2 is 2.00 bits per heavy atom. The number of hydrogen-bond donors (Lipinski definition) is 1. The van der Waals surface area contributed by atoms with Crippen molar-refractivity contribution >= 4 is 11.5 Å². The molecule has 138 valence electrons. The van der Waals surface area contributed by atoms with Gasteiger partial charge in [0, 0.05) is 37.9 Å². The van der Waals surface area contributed by atoms with Crippen molar-refractivity contribution in [3.63, 3.8) is 0 Å². The summed E-state index contributed by atoms with van der Waals surface area (Å²) in [5, 5.41) is 13.3. The fraction of sp³-hybridized carbons (Fsp3) is 0.429. The summed E-state index contributed by atoms with van der Waals surface area (Å²) < 4.78 is 2.04. The van der Waals surface area contributed by atoms with E-state index in [0.29, 0.717) is 6.54 Å². The summed E-state index contributed by atoms with van der Waals surface area (Å²) in [5.74, 6) is -0.728. The van der Waals surface area contributed by atoms with Gasteiger partial charge in [-0.15, -0.1) is 0 Å². The van der Waals surface area contributed by atoms with Crippen LogP contribution in [0.15, 0.2) is 48.8 Å². The molecule has 0 spiro atoms. The Bertz CT molecular complexity index is 737. The first-order chi connectivity index (χ1) is 12.7. The molecule has 2 heterocycles. The third-order valence-corrected chi connectivity index (χ3v) is 4.88. The zero-order valence-corrected chi connectivity index (χ0v) is 15.2. The second-order valence-corrected chi connectivity index (χ2v) is 6.86. The number of carboxylic acid groups (broad SMARTS) is 1. The molecule has 2 aromatic rings. The second kappa shape index (κ2) is 9.34. The average Bonchev–Trinajstić information content (AvgIpc) is 3.14. The SMILES string of the molecule is O=C(O)CCN1CC=C(c2cnn(CCCCc3ccccc3)c2)CC1. The van der Waals surface area contributed by atoms with Crippen molar-refractivity contribution in [3.05, 3.63) is 59.9 Å². The van der Waals surface area contributed by atoms with Gasteiger partial charge in [-0.05, 0) is 36.8 Å². The standard InChI is InChI=1S/C21H27N3O2/c25-21(26)11-15-23-13-9-19(10-14-23)20-16-22-24(17-20)12-5-4-8-18-6-2-1-3-7-18/h1-3,6-7,9,16-17H,4-5,8,10-15H2,(H,25,26). The molecule has 1 aliphatic rings. The van der Waals surface area contributed by atoms with E-state index in [9.17, 15) is 4.79 Å². The zero-order valence-electron chi connectivity index (χ0n) is 15.2. The molecule has 1 aliphatic heterocycles. The van der Waals surface area contributed by atoms with Gasteiger partial charge in [0.1, 0.15) is 0 Å². The van der Waals surface area contributed by atoms with Gasteiger partial charge in [-0.2, -0.15) is 5.10 Å². The third-order valence-electron chi connectivity index (χ3n) is 4.88. The lowest BCUT2D eigenvalue weighted by molar-refractivity contribution is -0.137. The van der Waals surface area contributed by atoms with Crippen molar-refractivity contribution in [2.45, 2.75) is 38.6 Å². The predicted octanol–water partition coefficient (Wildman–Crippen LogP) is 3.47. The molecule has 0 fully saturated rings. The molecule has 0 radical (unpaired) electrons. The maximum Gasteiger partial charge on any atom is 0.304 e. The van der Waals surface area contributed by atoms with Crippen LogP contribution in [0.5, 0.6) is 0 Å². The fourth-order valence-electron chi connectivity index (χ4n) is 3.33. The highest BCUT2D eigenvalue weighted by molar-refractivity contribution is 5.67. The Balaban J connectivity index is 1.42. The molecule has 1 N–H and O–H groups in total. The number of nitrogens with zero attached hydrogens (tertiary/aromatic N) is 3. The molecule has 0 bridgehead atoms. The van der Waals surface area contributed by atoms with Crippen LogP contribution in [-0.2, 0) is 17.8 Å². The van der Waals surface area contributed by atoms with E-state index >= 15 is 0 Å². The van der Waals surface area contributed by atoms with Gasteiger partial charge in [-0.25, -0.2) is 0 Å². The van der Waals surface area contributed by atoms with Gasteiger partial charge in [0.15, 0.2) is 0 Å². The van der Waals surface area contributed by atoms with E-state index in [1.807, 2.05) is 10.9 Å². The summed E-state index contributed by atoms with van der Waals surface area (Å²) in [6, 6.07) is 10.6. The first-order valence-electron chi connectivity index (χ1n) is 9.40. The van der Waals surface area contributed by atoms with Crippen molar-refractivity contribution < 1.29 is 9.90 Å². The molecule has 0 amide bonds. The molecule has 26 heavy (non-hydrogen) atoms. The largest absolute Gasteiger partial charge is 0.481 e. The first kappa shape index (κ1) is 18.4. The quantitative estimate of drug-likeness (QED) is 0.701. The highest BCUT2D eigenvalue weighted by Gasteiger charge is 2.14. The molecule has 3 rings (SSSR count). The monoisotopic (exact) mass is 353 g/mol. The van der Waals surface area contributed by atoms with Crippen LogP contribution < -0.4 is 0 Å². The van der Waals surface area contributed by atoms with Crippen LogP contribution >= 0.6 is 0 Å². The number of carbonyl (C=O) groups is 1. The van der Waals surface area contributed by atoms with Crippen molar-refractivity contribution in [1.29, 1.82) is 0 Å². The maximum absolute atomic E-state index is 10.7. The van der Waals surface area contributed by atoms with Gasteiger partial charge in [0.05, 0.1) is 12.6 Å². The summed E-state index contributed by atoms with van der Waals surface area (Å²) >= 11 is 0. The maximum atomic E-state index is 10.7. The lowest BCUT2D eigenvalue weighted by Crippen LogP contribution is -2.30. The smallest absolute Gasteiger partial charge is 0.304 e. The van der Waals surface area contributed by atoms with Crippen molar-refractivity contribution in [2.75, 3.05) is 19.6 Å². The Hall–Kier alpha value is -2.40. The van der Waals surface area contributed by atoms with E-state index in [4.69, 9.17) is 5.11 Å². The molecular formula is C21H27N3O2. The van der Waals surface area contributed by atoms with Crippen molar-refractivity contribution in [3.8, 4) is 0 Å². The topological polar surface area (TPSA) is 58.4 Å². The van der Waals surface area contributed by atoms with Crippen LogP contribution in [0, 0.1) is 0 Å². The Labute approximate surface area is 154 Å². The van der Waals surface area contributed by atoms with E-state index < -0.39 is 5.97 Å². The zero-order chi connectivity index (χ0) is 18.2. The predicted molar refractivity (Wildman–Crippen MR) is 103 cm³/mol. The number of aryl methyl sites for hydroxylation is 2. The number of hydrogen-bond acceptors (Lipinski definition) is 3. The minimum atomic E-state index is -0.728. The summed E-state index contributed by atoms with van der Waals surface area (Å²) in [6.07, 6.45) is 10.9. The Morgan fingerprint density at radius 3 is 2.73 bits per heavy atom. The van der Waals surface area contributed by atoms with E-state index in [1.165, 1.54) is 23.1 Å². The van der Waals surface area contributed by atoms with Crippen LogP contribution in [0.4, 0.5) is 0 Å². The molecule has 0 atom stereocenters. The van der Waals surface area contributed by atoms with Crippen molar-refractivity contribution in [2.24, 2.45) is 0 Å². The van der Waals surface area contributed by atoms with Gasteiger partial charge in [0.2, 0.25) is 0 Å². The molecule has 0 unspecified atom stereocenters. The molecule has 1 aromatic heterocycles. The number of unbranched alkanes of at least 4 members (excludes halogenated alkanes) is 1. The Kier molecular flexibility index (Phi) is 6.61. The second-order valence-electron chi connectivity index (χ2n) is 6.86. The van der Waals surface area contributed by atoms with Crippen LogP contribution in [0.2, 0.25) is 0 Å². The first-order valence-corrected chi connectivity index (χ1v) is 9.40. The molecule has 0 saturated carbocycles. The van der Waals surface area contributed by atoms with Crippen LogP contribution in [0.25, 0.3) is 5.57 Å². The third kappa shape index (κ3) is 5.56. The van der Waals surface area contributed by atoms with Gasteiger partial charge in [0.25, 0.3) is 0 Å². The van der Waals surface area contributed by atoms with E-state index in [0.717, 1.165) is 38.9 Å². The highest BCUT2D eigenvalue weighted by atomic mass is 16.4.